The summed E-state index contributed by atoms with van der Waals surface area (Å²) in [6.45, 7) is 13.0. The molecule has 1 rings (SSSR count). The van der Waals surface area contributed by atoms with Gasteiger partial charge in [-0.1, -0.05) is 31.4 Å². The zero-order valence-corrected chi connectivity index (χ0v) is 14.1. The summed E-state index contributed by atoms with van der Waals surface area (Å²) in [5, 5.41) is 0. The minimum Gasteiger partial charge on any atom is -0.462 e. The molecule has 1 aromatic carbocycles. The van der Waals surface area contributed by atoms with Crippen molar-refractivity contribution in [2.75, 3.05) is 13.2 Å². The van der Waals surface area contributed by atoms with E-state index in [1.165, 1.54) is 0 Å². The molecule has 0 heterocycles. The molecular weight excluding hydrogens is 292 g/mol. The van der Waals surface area contributed by atoms with Crippen molar-refractivity contribution in [3.63, 3.8) is 0 Å². The van der Waals surface area contributed by atoms with E-state index < -0.39 is 0 Å². The predicted octanol–water partition coefficient (Wildman–Crippen LogP) is 3.32. The molecule has 0 radical (unpaired) electrons. The van der Waals surface area contributed by atoms with Crippen molar-refractivity contribution >= 4 is 11.9 Å². The van der Waals surface area contributed by atoms with Crippen molar-refractivity contribution < 1.29 is 19.1 Å². The van der Waals surface area contributed by atoms with Crippen LogP contribution in [0.3, 0.4) is 0 Å². The molecule has 0 aromatic heterocycles. The number of ether oxygens (including phenoxy) is 2. The van der Waals surface area contributed by atoms with E-state index in [4.69, 9.17) is 9.47 Å². The van der Waals surface area contributed by atoms with Crippen LogP contribution in [-0.4, -0.2) is 25.2 Å². The first-order valence-corrected chi connectivity index (χ1v) is 7.55. The molecule has 0 spiro atoms. The van der Waals surface area contributed by atoms with Crippen LogP contribution in [0.15, 0.2) is 42.5 Å². The van der Waals surface area contributed by atoms with Gasteiger partial charge in [0.05, 0.1) is 13.2 Å². The maximum atomic E-state index is 11.4. The summed E-state index contributed by atoms with van der Waals surface area (Å²) in [6.07, 6.45) is 1.28. The molecule has 0 unspecified atom stereocenters. The standard InChI is InChI=1S/C19H24O4/c1-13(2)18(20)22-10-8-16-7-6-15(5)17(12-16)9-11-23-19(21)14(3)4/h6-7,12H,1,3,8-11H2,2,4-5H3. The highest BCUT2D eigenvalue weighted by Crippen LogP contribution is 2.13. The van der Waals surface area contributed by atoms with Gasteiger partial charge in [-0.25, -0.2) is 9.59 Å². The normalized spacial score (nSPS) is 10.0. The fourth-order valence-corrected chi connectivity index (χ4v) is 1.91. The lowest BCUT2D eigenvalue weighted by Gasteiger charge is -2.10. The van der Waals surface area contributed by atoms with Gasteiger partial charge in [-0.2, -0.15) is 0 Å². The lowest BCUT2D eigenvalue weighted by molar-refractivity contribution is -0.139. The molecule has 4 nitrogen and oxygen atoms in total. The van der Waals surface area contributed by atoms with E-state index in [0.29, 0.717) is 37.2 Å². The van der Waals surface area contributed by atoms with E-state index in [1.807, 2.05) is 19.1 Å². The molecule has 124 valence electrons. The summed E-state index contributed by atoms with van der Waals surface area (Å²) >= 11 is 0. The second-order valence-corrected chi connectivity index (χ2v) is 5.59. The number of rotatable bonds is 8. The molecule has 0 fully saturated rings. The zero-order chi connectivity index (χ0) is 17.4. The Morgan fingerprint density at radius 3 is 2.00 bits per heavy atom. The number of esters is 2. The first kappa shape index (κ1) is 18.7. The second-order valence-electron chi connectivity index (χ2n) is 5.59. The van der Waals surface area contributed by atoms with Crippen LogP contribution in [0.4, 0.5) is 0 Å². The number of carbonyl (C=O) groups excluding carboxylic acids is 2. The molecule has 0 amide bonds. The van der Waals surface area contributed by atoms with E-state index in [2.05, 4.69) is 19.2 Å². The largest absolute Gasteiger partial charge is 0.462 e. The van der Waals surface area contributed by atoms with Crippen molar-refractivity contribution in [1.29, 1.82) is 0 Å². The highest BCUT2D eigenvalue weighted by Gasteiger charge is 2.07. The average molecular weight is 316 g/mol. The number of aryl methyl sites for hydroxylation is 1. The average Bonchev–Trinajstić information content (AvgIpc) is 2.49. The summed E-state index contributed by atoms with van der Waals surface area (Å²) in [7, 11) is 0. The van der Waals surface area contributed by atoms with Gasteiger partial charge >= 0.3 is 11.9 Å². The number of hydrogen-bond acceptors (Lipinski definition) is 4. The Labute approximate surface area is 137 Å². The summed E-state index contributed by atoms with van der Waals surface area (Å²) in [5.74, 6) is -0.741. The van der Waals surface area contributed by atoms with E-state index in [9.17, 15) is 9.59 Å². The van der Waals surface area contributed by atoms with Crippen molar-refractivity contribution in [2.24, 2.45) is 0 Å². The smallest absolute Gasteiger partial charge is 0.333 e. The molecule has 0 aliphatic rings. The third-order valence-corrected chi connectivity index (χ3v) is 3.34. The Morgan fingerprint density at radius 1 is 0.957 bits per heavy atom. The fraction of sp³-hybridized carbons (Fsp3) is 0.368. The van der Waals surface area contributed by atoms with E-state index in [0.717, 1.165) is 16.7 Å². The van der Waals surface area contributed by atoms with Crippen LogP contribution in [0.2, 0.25) is 0 Å². The summed E-state index contributed by atoms with van der Waals surface area (Å²) < 4.78 is 10.2. The zero-order valence-electron chi connectivity index (χ0n) is 14.1. The molecule has 0 aliphatic heterocycles. The van der Waals surface area contributed by atoms with Gasteiger partial charge in [-0.05, 0) is 37.5 Å². The van der Waals surface area contributed by atoms with Gasteiger partial charge in [-0.3, -0.25) is 0 Å². The molecule has 1 aromatic rings. The van der Waals surface area contributed by atoms with E-state index in [-0.39, 0.29) is 11.9 Å². The minimum atomic E-state index is -0.371. The number of benzene rings is 1. The van der Waals surface area contributed by atoms with Crippen LogP contribution >= 0.6 is 0 Å². The number of hydrogen-bond donors (Lipinski definition) is 0. The van der Waals surface area contributed by atoms with E-state index in [1.54, 1.807) is 13.8 Å². The van der Waals surface area contributed by atoms with E-state index >= 15 is 0 Å². The summed E-state index contributed by atoms with van der Waals surface area (Å²) in [6, 6.07) is 6.08. The molecule has 0 N–H and O–H groups in total. The van der Waals surface area contributed by atoms with Crippen molar-refractivity contribution in [3.8, 4) is 0 Å². The minimum absolute atomic E-state index is 0.318. The maximum Gasteiger partial charge on any atom is 0.333 e. The van der Waals surface area contributed by atoms with Crippen LogP contribution in [0.5, 0.6) is 0 Å². The highest BCUT2D eigenvalue weighted by molar-refractivity contribution is 5.87. The van der Waals surface area contributed by atoms with Crippen molar-refractivity contribution in [2.45, 2.75) is 33.6 Å². The van der Waals surface area contributed by atoms with Crippen LogP contribution < -0.4 is 0 Å². The Kier molecular flexibility index (Phi) is 7.26. The fourth-order valence-electron chi connectivity index (χ4n) is 1.91. The summed E-state index contributed by atoms with van der Waals surface area (Å²) in [4.78, 5) is 22.7. The lowest BCUT2D eigenvalue weighted by atomic mass is 10.0. The van der Waals surface area contributed by atoms with Crippen molar-refractivity contribution in [1.82, 2.24) is 0 Å². The maximum absolute atomic E-state index is 11.4. The predicted molar refractivity (Wildman–Crippen MR) is 90.1 cm³/mol. The molecule has 4 heteroatoms. The Bertz CT molecular complexity index is 614. The first-order chi connectivity index (χ1) is 10.8. The van der Waals surface area contributed by atoms with Crippen LogP contribution in [-0.2, 0) is 31.9 Å². The highest BCUT2D eigenvalue weighted by atomic mass is 16.5. The molecule has 0 bridgehead atoms. The quantitative estimate of drug-likeness (QED) is 0.545. The number of carbonyl (C=O) groups is 2. The van der Waals surface area contributed by atoms with Gasteiger partial charge in [0.15, 0.2) is 0 Å². The Balaban J connectivity index is 2.54. The third-order valence-electron chi connectivity index (χ3n) is 3.34. The lowest BCUT2D eigenvalue weighted by Crippen LogP contribution is -2.10. The summed E-state index contributed by atoms with van der Waals surface area (Å²) in [5.41, 5.74) is 4.12. The monoisotopic (exact) mass is 316 g/mol. The molecule has 0 atom stereocenters. The van der Waals surface area contributed by atoms with Crippen molar-refractivity contribution in [3.05, 3.63) is 59.2 Å². The van der Waals surface area contributed by atoms with Gasteiger partial charge < -0.3 is 9.47 Å². The molecule has 0 saturated carbocycles. The van der Waals surface area contributed by atoms with Crippen LogP contribution in [0.1, 0.15) is 30.5 Å². The first-order valence-electron chi connectivity index (χ1n) is 7.55. The van der Waals surface area contributed by atoms with Crippen LogP contribution in [0, 0.1) is 6.92 Å². The van der Waals surface area contributed by atoms with Gasteiger partial charge in [0, 0.05) is 24.0 Å². The Hall–Kier alpha value is -2.36. The second kappa shape index (κ2) is 8.93. The molecular formula is C19H24O4. The SMILES string of the molecule is C=C(C)C(=O)OCCc1ccc(C)c(CCOC(=O)C(=C)C)c1. The van der Waals surface area contributed by atoms with Crippen LogP contribution in [0.25, 0.3) is 0 Å². The Morgan fingerprint density at radius 2 is 1.48 bits per heavy atom. The molecule has 23 heavy (non-hydrogen) atoms. The van der Waals surface area contributed by atoms with Gasteiger partial charge in [0.1, 0.15) is 0 Å². The topological polar surface area (TPSA) is 52.6 Å². The molecule has 0 saturated heterocycles. The molecule has 0 aliphatic carbocycles. The van der Waals surface area contributed by atoms with Gasteiger partial charge in [0.2, 0.25) is 0 Å². The van der Waals surface area contributed by atoms with Gasteiger partial charge in [0.25, 0.3) is 0 Å². The third kappa shape index (κ3) is 6.51. The van der Waals surface area contributed by atoms with Gasteiger partial charge in [-0.15, -0.1) is 0 Å².